The number of allylic oxidation sites excluding steroid dienone is 1. The molecule has 1 aliphatic rings. The SMILES string of the molecule is CC(C)C1=CN[NH2+]N1O. The molecule has 0 saturated carbocycles. The highest BCUT2D eigenvalue weighted by Gasteiger charge is 2.18. The Labute approximate surface area is 54.1 Å². The summed E-state index contributed by atoms with van der Waals surface area (Å²) in [7, 11) is 0. The summed E-state index contributed by atoms with van der Waals surface area (Å²) in [4.78, 5) is 0. The number of hydrogen-bond donors (Lipinski definition) is 3. The van der Waals surface area contributed by atoms with Gasteiger partial charge in [0.05, 0.1) is 6.20 Å². The Hall–Kier alpha value is -0.740. The van der Waals surface area contributed by atoms with Crippen LogP contribution in [0.1, 0.15) is 13.8 Å². The van der Waals surface area contributed by atoms with Crippen LogP contribution in [0.15, 0.2) is 11.9 Å². The van der Waals surface area contributed by atoms with Crippen molar-refractivity contribution < 1.29 is 10.7 Å². The van der Waals surface area contributed by atoms with E-state index in [-0.39, 0.29) is 0 Å². The number of nitrogens with one attached hydrogen (secondary N) is 1. The fraction of sp³-hybridized carbons (Fsp3) is 0.600. The molecular weight excluding hydrogens is 118 g/mol. The zero-order valence-corrected chi connectivity index (χ0v) is 5.63. The van der Waals surface area contributed by atoms with E-state index in [9.17, 15) is 0 Å². The van der Waals surface area contributed by atoms with Gasteiger partial charge in [-0.1, -0.05) is 19.0 Å². The van der Waals surface area contributed by atoms with Crippen LogP contribution in [-0.4, -0.2) is 10.4 Å². The first-order chi connectivity index (χ1) is 4.22. The molecule has 0 bridgehead atoms. The van der Waals surface area contributed by atoms with Gasteiger partial charge < -0.3 is 0 Å². The van der Waals surface area contributed by atoms with Crippen LogP contribution in [-0.2, 0) is 0 Å². The lowest BCUT2D eigenvalue weighted by Crippen LogP contribution is -2.96. The molecule has 0 amide bonds. The molecule has 0 aliphatic carbocycles. The molecule has 0 atom stereocenters. The van der Waals surface area contributed by atoms with Crippen molar-refractivity contribution in [3.63, 3.8) is 0 Å². The van der Waals surface area contributed by atoms with E-state index in [4.69, 9.17) is 5.21 Å². The summed E-state index contributed by atoms with van der Waals surface area (Å²) in [5.41, 5.74) is 5.20. The molecule has 0 radical (unpaired) electrons. The average molecular weight is 130 g/mol. The molecule has 1 aliphatic heterocycles. The second kappa shape index (κ2) is 2.24. The van der Waals surface area contributed by atoms with Crippen LogP contribution in [0.2, 0.25) is 0 Å². The van der Waals surface area contributed by atoms with E-state index in [2.05, 4.69) is 5.43 Å². The Kier molecular flexibility index (Phi) is 1.59. The van der Waals surface area contributed by atoms with Gasteiger partial charge in [-0.3, -0.25) is 0 Å². The average Bonchev–Trinajstić information content (AvgIpc) is 2.13. The van der Waals surface area contributed by atoms with E-state index < -0.39 is 0 Å². The van der Waals surface area contributed by atoms with E-state index in [0.29, 0.717) is 5.92 Å². The molecule has 0 unspecified atom stereocenters. The number of quaternary nitrogens is 1. The molecule has 9 heavy (non-hydrogen) atoms. The Bertz CT molecular complexity index is 132. The third-order valence-corrected chi connectivity index (χ3v) is 1.28. The molecule has 52 valence electrons. The van der Waals surface area contributed by atoms with Crippen LogP contribution in [0.3, 0.4) is 0 Å². The summed E-state index contributed by atoms with van der Waals surface area (Å²) in [6.07, 6.45) is 1.78. The minimum absolute atomic E-state index is 0.362. The van der Waals surface area contributed by atoms with Crippen LogP contribution >= 0.6 is 0 Å². The van der Waals surface area contributed by atoms with Crippen molar-refractivity contribution in [1.82, 2.24) is 10.6 Å². The maximum Gasteiger partial charge on any atom is 0.123 e. The van der Waals surface area contributed by atoms with Gasteiger partial charge in [0, 0.05) is 5.92 Å². The van der Waals surface area contributed by atoms with Crippen molar-refractivity contribution in [2.24, 2.45) is 5.92 Å². The molecule has 4 nitrogen and oxygen atoms in total. The Morgan fingerprint density at radius 2 is 2.44 bits per heavy atom. The van der Waals surface area contributed by atoms with Gasteiger partial charge in [0.1, 0.15) is 5.70 Å². The minimum Gasteiger partial charge on any atom is -0.243 e. The number of rotatable bonds is 1. The van der Waals surface area contributed by atoms with Gasteiger partial charge in [-0.15, -0.1) is 5.53 Å². The predicted octanol–water partition coefficient (Wildman–Crippen LogP) is -0.828. The first kappa shape index (κ1) is 6.38. The lowest BCUT2D eigenvalue weighted by molar-refractivity contribution is -0.874. The lowest BCUT2D eigenvalue weighted by atomic mass is 10.2. The van der Waals surface area contributed by atoms with E-state index in [1.165, 1.54) is 5.53 Å². The van der Waals surface area contributed by atoms with Crippen molar-refractivity contribution in [2.75, 3.05) is 0 Å². The van der Waals surface area contributed by atoms with Crippen molar-refractivity contribution in [3.8, 4) is 0 Å². The summed E-state index contributed by atoms with van der Waals surface area (Å²) >= 11 is 0. The largest absolute Gasteiger partial charge is 0.243 e. The molecule has 0 fully saturated rings. The fourth-order valence-electron chi connectivity index (χ4n) is 0.765. The number of nitrogens with two attached hydrogens (primary N) is 1. The lowest BCUT2D eigenvalue weighted by Gasteiger charge is -2.09. The first-order valence-electron chi connectivity index (χ1n) is 2.99. The quantitative estimate of drug-likeness (QED) is 0.406. The summed E-state index contributed by atoms with van der Waals surface area (Å²) < 4.78 is 0. The first-order valence-corrected chi connectivity index (χ1v) is 2.99. The van der Waals surface area contributed by atoms with Gasteiger partial charge in [-0.05, 0) is 0 Å². The summed E-state index contributed by atoms with van der Waals surface area (Å²) in [6, 6.07) is 0. The Morgan fingerprint density at radius 3 is 2.67 bits per heavy atom. The van der Waals surface area contributed by atoms with E-state index in [1.54, 1.807) is 6.20 Å². The molecule has 0 spiro atoms. The summed E-state index contributed by atoms with van der Waals surface area (Å²) in [6.45, 7) is 4.05. The van der Waals surface area contributed by atoms with Crippen LogP contribution in [0.25, 0.3) is 0 Å². The van der Waals surface area contributed by atoms with Crippen LogP contribution in [0.5, 0.6) is 0 Å². The van der Waals surface area contributed by atoms with E-state index >= 15 is 0 Å². The molecule has 0 aromatic rings. The predicted molar refractivity (Wildman–Crippen MR) is 31.6 cm³/mol. The van der Waals surface area contributed by atoms with Crippen LogP contribution < -0.4 is 11.0 Å². The zero-order valence-electron chi connectivity index (χ0n) is 5.63. The highest BCUT2D eigenvalue weighted by atomic mass is 16.6. The van der Waals surface area contributed by atoms with Crippen molar-refractivity contribution in [2.45, 2.75) is 13.8 Å². The summed E-state index contributed by atoms with van der Waals surface area (Å²) in [5, 5.41) is 10.1. The van der Waals surface area contributed by atoms with Gasteiger partial charge in [-0.2, -0.15) is 0 Å². The molecule has 0 aromatic carbocycles. The molecule has 4 N–H and O–H groups in total. The molecule has 1 rings (SSSR count). The third kappa shape index (κ3) is 1.14. The van der Waals surface area contributed by atoms with Crippen LogP contribution in [0, 0.1) is 5.92 Å². The van der Waals surface area contributed by atoms with Gasteiger partial charge in [0.25, 0.3) is 0 Å². The molecule has 1 heterocycles. The summed E-state index contributed by atoms with van der Waals surface area (Å²) in [5.74, 6) is 0.362. The van der Waals surface area contributed by atoms with Gasteiger partial charge in [-0.25, -0.2) is 10.6 Å². The Morgan fingerprint density at radius 1 is 1.78 bits per heavy atom. The highest BCUT2D eigenvalue weighted by molar-refractivity contribution is 4.97. The zero-order chi connectivity index (χ0) is 6.85. The maximum atomic E-state index is 9.01. The third-order valence-electron chi connectivity index (χ3n) is 1.28. The maximum absolute atomic E-state index is 9.01. The smallest absolute Gasteiger partial charge is 0.123 e. The second-order valence-electron chi connectivity index (χ2n) is 2.36. The van der Waals surface area contributed by atoms with Crippen molar-refractivity contribution in [3.05, 3.63) is 11.9 Å². The standard InChI is InChI=1S/C5H11N3O/c1-4(2)5-3-6-7-8(5)9/h3-4,6-7,9H,1-2H3/p+1. The van der Waals surface area contributed by atoms with Crippen molar-refractivity contribution >= 4 is 0 Å². The van der Waals surface area contributed by atoms with Gasteiger partial charge in [0.15, 0.2) is 0 Å². The topological polar surface area (TPSA) is 52.1 Å². The molecule has 0 saturated heterocycles. The number of nitrogens with zero attached hydrogens (tertiary/aromatic N) is 1. The van der Waals surface area contributed by atoms with E-state index in [0.717, 1.165) is 10.9 Å². The normalized spacial score (nSPS) is 18.2. The van der Waals surface area contributed by atoms with E-state index in [1.807, 2.05) is 13.8 Å². The van der Waals surface area contributed by atoms with Crippen LogP contribution in [0.4, 0.5) is 0 Å². The molecular formula is C5H12N3O+. The second-order valence-corrected chi connectivity index (χ2v) is 2.36. The fourth-order valence-corrected chi connectivity index (χ4v) is 0.765. The number of hydrogen-bond acceptors (Lipinski definition) is 3. The molecule has 4 heteroatoms. The Balaban J connectivity index is 2.57. The van der Waals surface area contributed by atoms with Crippen molar-refractivity contribution in [1.29, 1.82) is 0 Å². The number of hydroxylamine groups is 1. The van der Waals surface area contributed by atoms with Gasteiger partial charge in [0.2, 0.25) is 0 Å². The highest BCUT2D eigenvalue weighted by Crippen LogP contribution is 2.08. The minimum atomic E-state index is 0.362. The molecule has 0 aromatic heterocycles. The van der Waals surface area contributed by atoms with Gasteiger partial charge >= 0.3 is 0 Å². The monoisotopic (exact) mass is 130 g/mol.